The van der Waals surface area contributed by atoms with E-state index in [9.17, 15) is 9.59 Å². The van der Waals surface area contributed by atoms with Crippen molar-refractivity contribution in [2.75, 3.05) is 0 Å². The summed E-state index contributed by atoms with van der Waals surface area (Å²) in [5.41, 5.74) is 4.98. The Balaban J connectivity index is 1.92. The molecule has 0 aliphatic carbocycles. The summed E-state index contributed by atoms with van der Waals surface area (Å²) in [6.07, 6.45) is 0. The van der Waals surface area contributed by atoms with Crippen molar-refractivity contribution >= 4 is 22.3 Å². The molecule has 0 aromatic heterocycles. The summed E-state index contributed by atoms with van der Waals surface area (Å²) in [5, 5.41) is 1.96. The number of hydrogen-bond acceptors (Lipinski definition) is 2. The van der Waals surface area contributed by atoms with Gasteiger partial charge in [-0.1, -0.05) is 90.5 Å². The first-order chi connectivity index (χ1) is 13.5. The molecular weight excluding hydrogens is 344 g/mol. The Kier molecular flexibility index (Phi) is 4.62. The smallest absolute Gasteiger partial charge is 0.194 e. The van der Waals surface area contributed by atoms with Crippen LogP contribution in [0.4, 0.5) is 0 Å². The van der Waals surface area contributed by atoms with Crippen molar-refractivity contribution in [1.82, 2.24) is 0 Å². The number of carbonyl (C=O) groups is 2. The zero-order valence-electron chi connectivity index (χ0n) is 15.9. The Hall–Kier alpha value is -3.52. The number of aryl methyl sites for hydroxylation is 1. The number of hydrogen-bond donors (Lipinski definition) is 0. The molecule has 0 saturated carbocycles. The molecule has 2 nitrogen and oxygen atoms in total. The second kappa shape index (κ2) is 7.24. The third-order valence-corrected chi connectivity index (χ3v) is 5.07. The molecule has 0 N–H and O–H groups in total. The minimum Gasteiger partial charge on any atom is -0.295 e. The van der Waals surface area contributed by atoms with Gasteiger partial charge in [0.25, 0.3) is 0 Å². The van der Waals surface area contributed by atoms with Crippen molar-refractivity contribution in [3.8, 4) is 11.1 Å². The molecule has 136 valence electrons. The average Bonchev–Trinajstić information content (AvgIpc) is 2.73. The highest BCUT2D eigenvalue weighted by Gasteiger charge is 2.18. The minimum absolute atomic E-state index is 0.00972. The minimum atomic E-state index is -0.0394. The van der Waals surface area contributed by atoms with Gasteiger partial charge in [-0.2, -0.15) is 0 Å². The van der Waals surface area contributed by atoms with Crippen LogP contribution in [0.25, 0.3) is 21.9 Å². The molecule has 0 heterocycles. The number of benzene rings is 4. The van der Waals surface area contributed by atoms with E-state index >= 15 is 0 Å². The lowest BCUT2D eigenvalue weighted by Crippen LogP contribution is -2.05. The van der Waals surface area contributed by atoms with Crippen LogP contribution in [0.15, 0.2) is 84.9 Å². The molecule has 28 heavy (non-hydrogen) atoms. The van der Waals surface area contributed by atoms with E-state index in [1.165, 1.54) is 12.5 Å². The molecule has 0 unspecified atom stereocenters. The fraction of sp³-hybridized carbons (Fsp3) is 0.0769. The van der Waals surface area contributed by atoms with Crippen LogP contribution in [-0.2, 0) is 0 Å². The molecule has 0 bridgehead atoms. The maximum absolute atomic E-state index is 13.5. The van der Waals surface area contributed by atoms with E-state index in [1.54, 1.807) is 24.3 Å². The van der Waals surface area contributed by atoms with E-state index in [4.69, 9.17) is 0 Å². The van der Waals surface area contributed by atoms with Crippen LogP contribution in [0.1, 0.15) is 38.8 Å². The second-order valence-corrected chi connectivity index (χ2v) is 7.04. The summed E-state index contributed by atoms with van der Waals surface area (Å²) in [6.45, 7) is 3.57. The predicted octanol–water partition coefficient (Wildman–Crippen LogP) is 6.25. The van der Waals surface area contributed by atoms with Gasteiger partial charge >= 0.3 is 0 Å². The van der Waals surface area contributed by atoms with E-state index in [2.05, 4.69) is 30.3 Å². The summed E-state index contributed by atoms with van der Waals surface area (Å²) in [7, 11) is 0. The monoisotopic (exact) mass is 364 g/mol. The maximum atomic E-state index is 13.5. The van der Waals surface area contributed by atoms with Gasteiger partial charge in [0.1, 0.15) is 0 Å². The largest absolute Gasteiger partial charge is 0.295 e. The molecule has 4 aromatic carbocycles. The number of rotatable bonds is 4. The Morgan fingerprint density at radius 3 is 2.00 bits per heavy atom. The van der Waals surface area contributed by atoms with Gasteiger partial charge in [-0.25, -0.2) is 0 Å². The van der Waals surface area contributed by atoms with Gasteiger partial charge in [-0.15, -0.1) is 0 Å². The van der Waals surface area contributed by atoms with Crippen molar-refractivity contribution in [3.63, 3.8) is 0 Å². The molecular formula is C26H20O2. The fourth-order valence-electron chi connectivity index (χ4n) is 3.49. The van der Waals surface area contributed by atoms with E-state index < -0.39 is 0 Å². The lowest BCUT2D eigenvalue weighted by Gasteiger charge is -2.13. The normalized spacial score (nSPS) is 10.8. The van der Waals surface area contributed by atoms with Gasteiger partial charge in [0.2, 0.25) is 0 Å². The zero-order chi connectivity index (χ0) is 19.7. The number of Topliss-reactive ketones (excluding diaryl/α,β-unsaturated/α-hetero) is 1. The molecule has 2 heteroatoms. The highest BCUT2D eigenvalue weighted by atomic mass is 16.1. The van der Waals surface area contributed by atoms with Crippen LogP contribution in [0, 0.1) is 6.92 Å². The molecule has 0 spiro atoms. The molecule has 0 atom stereocenters. The first-order valence-corrected chi connectivity index (χ1v) is 9.29. The van der Waals surface area contributed by atoms with Crippen molar-refractivity contribution < 1.29 is 9.59 Å². The third-order valence-electron chi connectivity index (χ3n) is 5.07. The summed E-state index contributed by atoms with van der Waals surface area (Å²) in [5.74, 6) is -0.0491. The summed E-state index contributed by atoms with van der Waals surface area (Å²) in [6, 6.07) is 27.1. The Bertz CT molecular complexity index is 1180. The SMILES string of the molecule is CC(=O)c1ccc(C(=O)c2c(-c3ccc(C)cc3)ccc3ccccc23)cc1. The van der Waals surface area contributed by atoms with Crippen LogP contribution in [0.5, 0.6) is 0 Å². The summed E-state index contributed by atoms with van der Waals surface area (Å²) in [4.78, 5) is 25.1. The van der Waals surface area contributed by atoms with Crippen molar-refractivity contribution in [2.24, 2.45) is 0 Å². The molecule has 4 rings (SSSR count). The molecule has 0 saturated heterocycles. The average molecular weight is 364 g/mol. The third kappa shape index (κ3) is 3.25. The van der Waals surface area contributed by atoms with Gasteiger partial charge in [0.05, 0.1) is 0 Å². The highest BCUT2D eigenvalue weighted by Crippen LogP contribution is 2.32. The van der Waals surface area contributed by atoms with Crippen LogP contribution in [-0.4, -0.2) is 11.6 Å². The van der Waals surface area contributed by atoms with Gasteiger partial charge in [-0.3, -0.25) is 9.59 Å². The number of carbonyl (C=O) groups excluding carboxylic acids is 2. The molecule has 0 fully saturated rings. The van der Waals surface area contributed by atoms with E-state index in [0.717, 1.165) is 21.9 Å². The Morgan fingerprint density at radius 2 is 1.32 bits per heavy atom. The lowest BCUT2D eigenvalue weighted by atomic mass is 9.89. The molecule has 0 aliphatic heterocycles. The number of fused-ring (bicyclic) bond motifs is 1. The second-order valence-electron chi connectivity index (χ2n) is 7.04. The van der Waals surface area contributed by atoms with Gasteiger partial charge in [0, 0.05) is 16.7 Å². The van der Waals surface area contributed by atoms with Gasteiger partial charge in [-0.05, 0) is 35.7 Å². The standard InChI is InChI=1S/C26H20O2/c1-17-7-9-21(10-8-17)24-16-15-20-5-3-4-6-23(20)25(24)26(28)22-13-11-19(12-14-22)18(2)27/h3-16H,1-2H3. The van der Waals surface area contributed by atoms with Gasteiger partial charge < -0.3 is 0 Å². The Morgan fingerprint density at radius 1 is 0.679 bits per heavy atom. The lowest BCUT2D eigenvalue weighted by molar-refractivity contribution is 0.101. The number of ketones is 2. The van der Waals surface area contributed by atoms with Crippen LogP contribution >= 0.6 is 0 Å². The fourth-order valence-corrected chi connectivity index (χ4v) is 3.49. The summed E-state index contributed by atoms with van der Waals surface area (Å²) < 4.78 is 0. The highest BCUT2D eigenvalue weighted by molar-refractivity contribution is 6.20. The van der Waals surface area contributed by atoms with Crippen molar-refractivity contribution in [2.45, 2.75) is 13.8 Å². The van der Waals surface area contributed by atoms with Crippen molar-refractivity contribution in [3.05, 3.63) is 107 Å². The maximum Gasteiger partial charge on any atom is 0.194 e. The van der Waals surface area contributed by atoms with Crippen molar-refractivity contribution in [1.29, 1.82) is 0 Å². The molecule has 0 radical (unpaired) electrons. The van der Waals surface area contributed by atoms with Crippen LogP contribution in [0.3, 0.4) is 0 Å². The van der Waals surface area contributed by atoms with Crippen LogP contribution in [0.2, 0.25) is 0 Å². The molecule has 4 aromatic rings. The predicted molar refractivity (Wildman–Crippen MR) is 114 cm³/mol. The van der Waals surface area contributed by atoms with Gasteiger partial charge in [0.15, 0.2) is 11.6 Å². The van der Waals surface area contributed by atoms with Crippen LogP contribution < -0.4 is 0 Å². The van der Waals surface area contributed by atoms with E-state index in [-0.39, 0.29) is 11.6 Å². The topological polar surface area (TPSA) is 34.1 Å². The van der Waals surface area contributed by atoms with E-state index in [1.807, 2.05) is 37.3 Å². The van der Waals surface area contributed by atoms with E-state index in [0.29, 0.717) is 16.7 Å². The zero-order valence-corrected chi connectivity index (χ0v) is 15.9. The molecule has 0 aliphatic rings. The first kappa shape index (κ1) is 17.9. The summed E-state index contributed by atoms with van der Waals surface area (Å²) >= 11 is 0. The molecule has 0 amide bonds. The first-order valence-electron chi connectivity index (χ1n) is 9.29. The Labute approximate surface area is 164 Å². The quantitative estimate of drug-likeness (QED) is 0.401.